The number of fused-ring (bicyclic) bond motifs is 2. The van der Waals surface area contributed by atoms with Gasteiger partial charge in [0.2, 0.25) is 0 Å². The second-order valence-corrected chi connectivity index (χ2v) is 8.92. The van der Waals surface area contributed by atoms with Crippen molar-refractivity contribution in [2.45, 2.75) is 29.6 Å². The topological polar surface area (TPSA) is 53.9 Å². The molecule has 0 saturated carbocycles. The van der Waals surface area contributed by atoms with Gasteiger partial charge in [-0.25, -0.2) is 0 Å². The van der Waals surface area contributed by atoms with Crippen molar-refractivity contribution >= 4 is 40.7 Å². The molecule has 1 fully saturated rings. The van der Waals surface area contributed by atoms with E-state index in [1.165, 1.54) is 0 Å². The van der Waals surface area contributed by atoms with E-state index < -0.39 is 0 Å². The summed E-state index contributed by atoms with van der Waals surface area (Å²) in [5.41, 5.74) is 3.54. The maximum Gasteiger partial charge on any atom is 0.251 e. The standard InChI is InChI=1S/C23H26ClN3O2S/c1-2-19-18-15-17(24)5-7-21(18)30-22-6-4-16(14-20(22)26-19)23(28)25-8-3-9-27-10-12-29-13-11-27/h4-7,14-15H,2-3,8-13H2,1H3,(H,25,28). The fourth-order valence-corrected chi connectivity index (χ4v) is 4.85. The lowest BCUT2D eigenvalue weighted by atomic mass is 10.1. The number of nitrogens with one attached hydrogen (secondary N) is 1. The molecule has 0 atom stereocenters. The fourth-order valence-electron chi connectivity index (χ4n) is 3.67. The van der Waals surface area contributed by atoms with Gasteiger partial charge in [-0.3, -0.25) is 14.7 Å². The average molecular weight is 444 g/mol. The van der Waals surface area contributed by atoms with Crippen LogP contribution in [0.15, 0.2) is 51.2 Å². The summed E-state index contributed by atoms with van der Waals surface area (Å²) in [5, 5.41) is 3.75. The molecule has 2 aromatic carbocycles. The van der Waals surface area contributed by atoms with Crippen LogP contribution in [0.1, 0.15) is 35.7 Å². The molecule has 4 rings (SSSR count). The van der Waals surface area contributed by atoms with E-state index in [1.54, 1.807) is 11.8 Å². The zero-order valence-corrected chi connectivity index (χ0v) is 18.7. The quantitative estimate of drug-likeness (QED) is 0.652. The van der Waals surface area contributed by atoms with Crippen molar-refractivity contribution in [3.63, 3.8) is 0 Å². The number of carbonyl (C=O) groups excluding carboxylic acids is 1. The summed E-state index contributed by atoms with van der Waals surface area (Å²) in [4.78, 5) is 22.1. The van der Waals surface area contributed by atoms with Crippen LogP contribution in [-0.2, 0) is 4.74 Å². The second kappa shape index (κ2) is 9.96. The first-order valence-electron chi connectivity index (χ1n) is 10.4. The van der Waals surface area contributed by atoms with Crippen LogP contribution in [0.4, 0.5) is 5.69 Å². The summed E-state index contributed by atoms with van der Waals surface area (Å²) >= 11 is 7.88. The Bertz CT molecular complexity index is 957. The zero-order valence-electron chi connectivity index (χ0n) is 17.1. The van der Waals surface area contributed by atoms with E-state index in [1.807, 2.05) is 36.4 Å². The molecule has 0 bridgehead atoms. The number of benzene rings is 2. The van der Waals surface area contributed by atoms with Crippen LogP contribution in [0.25, 0.3) is 0 Å². The van der Waals surface area contributed by atoms with Crippen LogP contribution < -0.4 is 5.32 Å². The Morgan fingerprint density at radius 1 is 1.20 bits per heavy atom. The molecule has 2 heterocycles. The minimum Gasteiger partial charge on any atom is -0.379 e. The predicted octanol–water partition coefficient (Wildman–Crippen LogP) is 4.79. The summed E-state index contributed by atoms with van der Waals surface area (Å²) in [5.74, 6) is -0.0529. The van der Waals surface area contributed by atoms with Crippen molar-refractivity contribution in [2.24, 2.45) is 4.99 Å². The number of morpholine rings is 1. The lowest BCUT2D eigenvalue weighted by Crippen LogP contribution is -2.38. The van der Waals surface area contributed by atoms with E-state index in [0.717, 1.165) is 72.4 Å². The van der Waals surface area contributed by atoms with Crippen LogP contribution in [0.3, 0.4) is 0 Å². The highest BCUT2D eigenvalue weighted by atomic mass is 35.5. The van der Waals surface area contributed by atoms with Crippen LogP contribution in [-0.4, -0.2) is 55.9 Å². The normalized spacial score (nSPS) is 16.3. The van der Waals surface area contributed by atoms with Crippen molar-refractivity contribution < 1.29 is 9.53 Å². The third kappa shape index (κ3) is 5.06. The van der Waals surface area contributed by atoms with Crippen LogP contribution in [0.5, 0.6) is 0 Å². The SMILES string of the molecule is CCC1=Nc2cc(C(=O)NCCCN3CCOCC3)ccc2Sc2ccc(Cl)cc21. The van der Waals surface area contributed by atoms with E-state index in [2.05, 4.69) is 17.1 Å². The summed E-state index contributed by atoms with van der Waals surface area (Å²) < 4.78 is 5.37. The zero-order chi connectivity index (χ0) is 20.9. The van der Waals surface area contributed by atoms with Crippen LogP contribution >= 0.6 is 23.4 Å². The molecule has 5 nitrogen and oxygen atoms in total. The van der Waals surface area contributed by atoms with Crippen LogP contribution in [0, 0.1) is 0 Å². The summed E-state index contributed by atoms with van der Waals surface area (Å²) in [6, 6.07) is 11.7. The summed E-state index contributed by atoms with van der Waals surface area (Å²) in [6.45, 7) is 7.28. The third-order valence-corrected chi connectivity index (χ3v) is 6.70. The first-order valence-corrected chi connectivity index (χ1v) is 11.6. The molecule has 2 aliphatic rings. The number of carbonyl (C=O) groups is 1. The Labute approximate surface area is 186 Å². The molecule has 0 aromatic heterocycles. The monoisotopic (exact) mass is 443 g/mol. The molecule has 2 aromatic rings. The van der Waals surface area contributed by atoms with Gasteiger partial charge in [-0.15, -0.1) is 0 Å². The van der Waals surface area contributed by atoms with Crippen molar-refractivity contribution in [3.8, 4) is 0 Å². The smallest absolute Gasteiger partial charge is 0.251 e. The lowest BCUT2D eigenvalue weighted by molar-refractivity contribution is 0.0374. The first-order chi connectivity index (χ1) is 14.6. The first kappa shape index (κ1) is 21.4. The molecule has 0 unspecified atom stereocenters. The van der Waals surface area contributed by atoms with Crippen molar-refractivity contribution in [1.82, 2.24) is 10.2 Å². The Kier molecular flexibility index (Phi) is 7.10. The molecule has 1 amide bonds. The fraction of sp³-hybridized carbons (Fsp3) is 0.391. The lowest BCUT2D eigenvalue weighted by Gasteiger charge is -2.26. The van der Waals surface area contributed by atoms with Gasteiger partial charge in [-0.05, 0) is 55.8 Å². The van der Waals surface area contributed by atoms with Gasteiger partial charge in [0.05, 0.1) is 18.9 Å². The number of hydrogen-bond donors (Lipinski definition) is 1. The number of ether oxygens (including phenoxy) is 1. The van der Waals surface area contributed by atoms with Gasteiger partial charge in [0, 0.05) is 51.3 Å². The van der Waals surface area contributed by atoms with Crippen molar-refractivity contribution in [2.75, 3.05) is 39.4 Å². The molecular weight excluding hydrogens is 418 g/mol. The molecular formula is C23H26ClN3O2S. The van der Waals surface area contributed by atoms with Gasteiger partial charge in [0.25, 0.3) is 5.91 Å². The largest absolute Gasteiger partial charge is 0.379 e. The van der Waals surface area contributed by atoms with Gasteiger partial charge in [0.1, 0.15) is 0 Å². The number of nitrogens with zero attached hydrogens (tertiary/aromatic N) is 2. The molecule has 30 heavy (non-hydrogen) atoms. The predicted molar refractivity (Wildman–Crippen MR) is 123 cm³/mol. The van der Waals surface area contributed by atoms with Gasteiger partial charge in [-0.1, -0.05) is 30.3 Å². The number of rotatable bonds is 6. The van der Waals surface area contributed by atoms with Crippen molar-refractivity contribution in [3.05, 3.63) is 52.5 Å². The highest BCUT2D eigenvalue weighted by molar-refractivity contribution is 7.99. The summed E-state index contributed by atoms with van der Waals surface area (Å²) in [7, 11) is 0. The van der Waals surface area contributed by atoms with E-state index >= 15 is 0 Å². The molecule has 0 radical (unpaired) electrons. The number of amides is 1. The molecule has 7 heteroatoms. The molecule has 1 N–H and O–H groups in total. The highest BCUT2D eigenvalue weighted by Crippen LogP contribution is 2.41. The van der Waals surface area contributed by atoms with Gasteiger partial charge < -0.3 is 10.1 Å². The van der Waals surface area contributed by atoms with Crippen molar-refractivity contribution in [1.29, 1.82) is 0 Å². The second-order valence-electron chi connectivity index (χ2n) is 7.40. The Balaban J connectivity index is 1.43. The molecule has 2 aliphatic heterocycles. The molecule has 1 saturated heterocycles. The van der Waals surface area contributed by atoms with E-state index in [-0.39, 0.29) is 5.91 Å². The number of hydrogen-bond acceptors (Lipinski definition) is 5. The van der Waals surface area contributed by atoms with Gasteiger partial charge in [-0.2, -0.15) is 0 Å². The Morgan fingerprint density at radius 2 is 2.00 bits per heavy atom. The molecule has 0 spiro atoms. The van der Waals surface area contributed by atoms with E-state index in [9.17, 15) is 4.79 Å². The average Bonchev–Trinajstić information content (AvgIpc) is 2.93. The number of halogens is 1. The number of aliphatic imine (C=N–C) groups is 1. The minimum absolute atomic E-state index is 0.0529. The molecule has 158 valence electrons. The third-order valence-electron chi connectivity index (χ3n) is 5.32. The van der Waals surface area contributed by atoms with Gasteiger partial charge >= 0.3 is 0 Å². The van der Waals surface area contributed by atoms with Gasteiger partial charge in [0.15, 0.2) is 0 Å². The maximum atomic E-state index is 12.7. The maximum absolute atomic E-state index is 12.7. The minimum atomic E-state index is -0.0529. The van der Waals surface area contributed by atoms with Crippen LogP contribution in [0.2, 0.25) is 5.02 Å². The molecule has 0 aliphatic carbocycles. The van der Waals surface area contributed by atoms with E-state index in [4.69, 9.17) is 21.3 Å². The summed E-state index contributed by atoms with van der Waals surface area (Å²) in [6.07, 6.45) is 1.73. The highest BCUT2D eigenvalue weighted by Gasteiger charge is 2.18. The Hall–Kier alpha value is -1.86. The van der Waals surface area contributed by atoms with E-state index in [0.29, 0.717) is 17.1 Å². The Morgan fingerprint density at radius 3 is 2.80 bits per heavy atom.